The molecule has 64 valence electrons. The highest BCUT2D eigenvalue weighted by molar-refractivity contribution is 5.35. The van der Waals surface area contributed by atoms with E-state index >= 15 is 0 Å². The van der Waals surface area contributed by atoms with Crippen LogP contribution in [0.4, 0.5) is 0 Å². The molecule has 0 amide bonds. The smallest absolute Gasteiger partial charge is 0.196 e. The second kappa shape index (κ2) is 4.12. The van der Waals surface area contributed by atoms with Crippen molar-refractivity contribution >= 4 is 0 Å². The molecular formula is C10H12O2. The normalized spacial score (nSPS) is 12.6. The summed E-state index contributed by atoms with van der Waals surface area (Å²) in [5.41, 5.74) is 0.626. The van der Waals surface area contributed by atoms with Gasteiger partial charge in [0.1, 0.15) is 5.75 Å². The summed E-state index contributed by atoms with van der Waals surface area (Å²) in [5, 5.41) is 0. The lowest BCUT2D eigenvalue weighted by Crippen LogP contribution is -2.13. The lowest BCUT2D eigenvalue weighted by Gasteiger charge is -2.13. The predicted molar refractivity (Wildman–Crippen MR) is 46.9 cm³/mol. The summed E-state index contributed by atoms with van der Waals surface area (Å²) in [5.74, 6) is 0.659. The summed E-state index contributed by atoms with van der Waals surface area (Å²) in [6, 6.07) is 7.33. The molecule has 2 heteroatoms. The van der Waals surface area contributed by atoms with Gasteiger partial charge in [0.05, 0.1) is 0 Å². The third kappa shape index (κ3) is 2.24. The van der Waals surface area contributed by atoms with Gasteiger partial charge in [-0.3, -0.25) is 0 Å². The van der Waals surface area contributed by atoms with Crippen molar-refractivity contribution in [1.82, 2.24) is 0 Å². The van der Waals surface area contributed by atoms with Gasteiger partial charge in [0.25, 0.3) is 0 Å². The Morgan fingerprint density at radius 1 is 1.33 bits per heavy atom. The zero-order chi connectivity index (χ0) is 8.97. The van der Waals surface area contributed by atoms with Gasteiger partial charge >= 0.3 is 0 Å². The van der Waals surface area contributed by atoms with Crippen LogP contribution in [0.5, 0.6) is 5.75 Å². The zero-order valence-corrected chi connectivity index (χ0v) is 7.28. The lowest BCUT2D eigenvalue weighted by atomic mass is 10.2. The Morgan fingerprint density at radius 2 is 2.00 bits per heavy atom. The first-order chi connectivity index (χ1) is 5.74. The Labute approximate surface area is 73.1 Å². The largest absolute Gasteiger partial charge is 0.465 e. The van der Waals surface area contributed by atoms with Gasteiger partial charge in [-0.15, -0.1) is 0 Å². The van der Waals surface area contributed by atoms with Crippen LogP contribution >= 0.6 is 0 Å². The van der Waals surface area contributed by atoms with Gasteiger partial charge < -0.3 is 9.47 Å². The van der Waals surface area contributed by atoms with Gasteiger partial charge in [-0.05, 0) is 18.6 Å². The van der Waals surface area contributed by atoms with E-state index in [1.165, 1.54) is 0 Å². The number of ether oxygens (including phenoxy) is 2. The Balaban J connectivity index is 2.69. The van der Waals surface area contributed by atoms with Crippen LogP contribution in [0, 0.1) is 6.92 Å². The summed E-state index contributed by atoms with van der Waals surface area (Å²) >= 11 is 0. The van der Waals surface area contributed by atoms with E-state index in [0.717, 1.165) is 0 Å². The van der Waals surface area contributed by atoms with Crippen molar-refractivity contribution in [3.05, 3.63) is 36.8 Å². The third-order valence-electron chi connectivity index (χ3n) is 1.54. The van der Waals surface area contributed by atoms with Gasteiger partial charge in [0.15, 0.2) is 6.29 Å². The summed E-state index contributed by atoms with van der Waals surface area (Å²) < 4.78 is 10.3. The number of para-hydroxylation sites is 1. The Kier molecular flexibility index (Phi) is 3.11. The van der Waals surface area contributed by atoms with E-state index in [1.807, 2.05) is 25.1 Å². The fraction of sp³-hybridized carbons (Fsp3) is 0.300. The average Bonchev–Trinajstić information content (AvgIpc) is 2.09. The zero-order valence-electron chi connectivity index (χ0n) is 7.28. The molecule has 1 unspecified atom stereocenters. The molecular weight excluding hydrogens is 152 g/mol. The quantitative estimate of drug-likeness (QED) is 0.637. The van der Waals surface area contributed by atoms with Crippen LogP contribution < -0.4 is 4.74 Å². The van der Waals surface area contributed by atoms with Crippen molar-refractivity contribution in [3.63, 3.8) is 0 Å². The molecule has 0 aliphatic heterocycles. The average molecular weight is 164 g/mol. The van der Waals surface area contributed by atoms with Crippen LogP contribution in [-0.4, -0.2) is 13.4 Å². The van der Waals surface area contributed by atoms with E-state index in [-0.39, 0.29) is 6.29 Å². The molecule has 0 heterocycles. The molecule has 0 bridgehead atoms. The number of rotatable bonds is 3. The molecule has 0 spiro atoms. The van der Waals surface area contributed by atoms with Crippen molar-refractivity contribution in [1.29, 1.82) is 0 Å². The highest BCUT2D eigenvalue weighted by Gasteiger charge is 2.02. The summed E-state index contributed by atoms with van der Waals surface area (Å²) in [6.07, 6.45) is -0.269. The van der Waals surface area contributed by atoms with Crippen molar-refractivity contribution in [2.45, 2.75) is 13.2 Å². The van der Waals surface area contributed by atoms with Crippen molar-refractivity contribution in [2.75, 3.05) is 7.11 Å². The fourth-order valence-electron chi connectivity index (χ4n) is 0.815. The Morgan fingerprint density at radius 3 is 2.58 bits per heavy atom. The van der Waals surface area contributed by atoms with Gasteiger partial charge in [-0.1, -0.05) is 18.2 Å². The molecule has 0 saturated carbocycles. The Hall–Kier alpha value is -1.02. The van der Waals surface area contributed by atoms with Crippen molar-refractivity contribution in [3.8, 4) is 5.75 Å². The topological polar surface area (TPSA) is 18.5 Å². The van der Waals surface area contributed by atoms with Gasteiger partial charge in [-0.25, -0.2) is 0 Å². The van der Waals surface area contributed by atoms with E-state index in [1.54, 1.807) is 13.2 Å². The minimum absolute atomic E-state index is 0.269. The molecule has 2 radical (unpaired) electrons. The van der Waals surface area contributed by atoms with Gasteiger partial charge in [-0.2, -0.15) is 0 Å². The molecule has 0 aliphatic rings. The lowest BCUT2D eigenvalue weighted by molar-refractivity contribution is -0.0385. The first kappa shape index (κ1) is 9.07. The first-order valence-electron chi connectivity index (χ1n) is 3.78. The van der Waals surface area contributed by atoms with Crippen LogP contribution in [0.25, 0.3) is 0 Å². The number of hydrogen-bond donors (Lipinski definition) is 0. The van der Waals surface area contributed by atoms with E-state index in [2.05, 4.69) is 0 Å². The monoisotopic (exact) mass is 164 g/mol. The molecule has 0 aliphatic carbocycles. The first-order valence-corrected chi connectivity index (χ1v) is 3.78. The molecule has 1 aromatic rings. The predicted octanol–water partition coefficient (Wildman–Crippen LogP) is 2.12. The maximum atomic E-state index is 5.64. The fourth-order valence-corrected chi connectivity index (χ4v) is 0.815. The number of benzene rings is 1. The molecule has 2 nitrogen and oxygen atoms in total. The van der Waals surface area contributed by atoms with Crippen LogP contribution in [-0.2, 0) is 4.74 Å². The molecule has 1 aromatic carbocycles. The maximum absolute atomic E-state index is 5.64. The summed E-state index contributed by atoms with van der Waals surface area (Å²) in [6.45, 7) is 7.45. The molecule has 1 atom stereocenters. The standard InChI is InChI=1S/C10H12O2/c1-8-6-4-5-7-10(8)12-9(2)11-3/h1,4-7,9H,2-3H3. The third-order valence-corrected chi connectivity index (χ3v) is 1.54. The van der Waals surface area contributed by atoms with Gasteiger partial charge in [0, 0.05) is 14.0 Å². The minimum atomic E-state index is -0.269. The summed E-state index contributed by atoms with van der Waals surface area (Å²) in [7, 11) is 1.59. The van der Waals surface area contributed by atoms with E-state index < -0.39 is 0 Å². The van der Waals surface area contributed by atoms with Crippen molar-refractivity contribution < 1.29 is 9.47 Å². The van der Waals surface area contributed by atoms with Crippen molar-refractivity contribution in [2.24, 2.45) is 0 Å². The SMILES string of the molecule is [CH]c1ccccc1OC(C)OC. The minimum Gasteiger partial charge on any atom is -0.465 e. The maximum Gasteiger partial charge on any atom is 0.196 e. The molecule has 12 heavy (non-hydrogen) atoms. The highest BCUT2D eigenvalue weighted by Crippen LogP contribution is 2.17. The van der Waals surface area contributed by atoms with E-state index in [9.17, 15) is 0 Å². The Bertz CT molecular complexity index is 245. The molecule has 0 saturated heterocycles. The molecule has 1 rings (SSSR count). The summed E-state index contributed by atoms with van der Waals surface area (Å²) in [4.78, 5) is 0. The number of methoxy groups -OCH3 is 1. The second-order valence-corrected chi connectivity index (χ2v) is 2.46. The van der Waals surface area contributed by atoms with Crippen LogP contribution in [0.2, 0.25) is 0 Å². The number of hydrogen-bond acceptors (Lipinski definition) is 2. The molecule has 0 N–H and O–H groups in total. The van der Waals surface area contributed by atoms with Crippen LogP contribution in [0.15, 0.2) is 24.3 Å². The van der Waals surface area contributed by atoms with Crippen LogP contribution in [0.3, 0.4) is 0 Å². The van der Waals surface area contributed by atoms with E-state index in [0.29, 0.717) is 11.3 Å². The van der Waals surface area contributed by atoms with E-state index in [4.69, 9.17) is 16.4 Å². The molecule has 0 fully saturated rings. The van der Waals surface area contributed by atoms with Crippen LogP contribution in [0.1, 0.15) is 12.5 Å². The highest BCUT2D eigenvalue weighted by atomic mass is 16.7. The van der Waals surface area contributed by atoms with Gasteiger partial charge in [0.2, 0.25) is 0 Å². The molecule has 0 aromatic heterocycles. The second-order valence-electron chi connectivity index (χ2n) is 2.46.